The molecule has 0 aliphatic carbocycles. The number of aryl methyl sites for hydroxylation is 1. The van der Waals surface area contributed by atoms with Gasteiger partial charge in [-0.1, -0.05) is 12.1 Å². The van der Waals surface area contributed by atoms with Crippen molar-refractivity contribution in [3.8, 4) is 0 Å². The highest BCUT2D eigenvalue weighted by Crippen LogP contribution is 2.33. The third kappa shape index (κ3) is 3.94. The molecule has 1 N–H and O–H groups in total. The number of nitrogens with one attached hydrogen (secondary N) is 1. The molecule has 0 fully saturated rings. The van der Waals surface area contributed by atoms with E-state index in [1.54, 1.807) is 0 Å². The summed E-state index contributed by atoms with van der Waals surface area (Å²) in [5.41, 5.74) is 3.03. The first-order valence-electron chi connectivity index (χ1n) is 7.86. The van der Waals surface area contributed by atoms with Crippen LogP contribution >= 0.6 is 12.4 Å². The molecule has 2 heterocycles. The number of aromatic nitrogens is 2. The molecule has 1 amide bonds. The van der Waals surface area contributed by atoms with E-state index in [4.69, 9.17) is 0 Å². The van der Waals surface area contributed by atoms with E-state index in [1.165, 1.54) is 17.7 Å². The number of hydrogen-bond acceptors (Lipinski definition) is 2. The minimum absolute atomic E-state index is 0. The van der Waals surface area contributed by atoms with E-state index < -0.39 is 0 Å². The van der Waals surface area contributed by atoms with Gasteiger partial charge in [0.25, 0.3) is 5.91 Å². The first-order chi connectivity index (χ1) is 10.4. The number of halogens is 1. The molecule has 1 atom stereocenters. The van der Waals surface area contributed by atoms with Crippen LogP contribution in [0.2, 0.25) is 0 Å². The molecule has 0 radical (unpaired) electrons. The molecular formula is C18H24ClN3O. The standard InChI is InChI=1S/C18H23N3O.ClH/c1-18(2,3)20-17(22)14-8-6-13(7-9-14)15-5-4-10-21-12-19-11-16(15)21;/h6-9,11-12,15H,4-5,10H2,1-3H3,(H,20,22);1H. The first kappa shape index (κ1) is 17.5. The van der Waals surface area contributed by atoms with E-state index >= 15 is 0 Å². The van der Waals surface area contributed by atoms with Crippen molar-refractivity contribution < 1.29 is 4.79 Å². The maximum atomic E-state index is 12.2. The van der Waals surface area contributed by atoms with Crippen LogP contribution in [0, 0.1) is 0 Å². The van der Waals surface area contributed by atoms with Gasteiger partial charge in [0, 0.05) is 35.5 Å². The minimum atomic E-state index is -0.217. The SMILES string of the molecule is CC(C)(C)NC(=O)c1ccc(C2CCCn3cncc32)cc1.Cl. The van der Waals surface area contributed by atoms with Crippen LogP contribution < -0.4 is 5.32 Å². The summed E-state index contributed by atoms with van der Waals surface area (Å²) in [7, 11) is 0. The average Bonchev–Trinajstić information content (AvgIpc) is 2.94. The van der Waals surface area contributed by atoms with Crippen molar-refractivity contribution in [1.29, 1.82) is 0 Å². The van der Waals surface area contributed by atoms with Crippen LogP contribution in [0.1, 0.15) is 61.1 Å². The molecule has 3 rings (SSSR count). The molecule has 1 aromatic carbocycles. The van der Waals surface area contributed by atoms with Crippen molar-refractivity contribution in [1.82, 2.24) is 14.9 Å². The summed E-state index contributed by atoms with van der Waals surface area (Å²) in [5, 5.41) is 2.99. The Morgan fingerprint density at radius 3 is 2.61 bits per heavy atom. The molecule has 1 unspecified atom stereocenters. The zero-order chi connectivity index (χ0) is 15.7. The molecule has 0 saturated carbocycles. The molecule has 2 aromatic rings. The van der Waals surface area contributed by atoms with Crippen LogP contribution in [0.3, 0.4) is 0 Å². The number of imidazole rings is 1. The number of hydrogen-bond donors (Lipinski definition) is 1. The number of rotatable bonds is 2. The number of carbonyl (C=O) groups is 1. The minimum Gasteiger partial charge on any atom is -0.347 e. The van der Waals surface area contributed by atoms with Gasteiger partial charge in [0.15, 0.2) is 0 Å². The Hall–Kier alpha value is -1.81. The van der Waals surface area contributed by atoms with Gasteiger partial charge in [0.05, 0.1) is 6.33 Å². The van der Waals surface area contributed by atoms with Crippen LogP contribution in [0.5, 0.6) is 0 Å². The highest BCUT2D eigenvalue weighted by atomic mass is 35.5. The van der Waals surface area contributed by atoms with Gasteiger partial charge in [-0.2, -0.15) is 0 Å². The van der Waals surface area contributed by atoms with E-state index in [0.29, 0.717) is 11.5 Å². The molecule has 124 valence electrons. The fraction of sp³-hybridized carbons (Fsp3) is 0.444. The maximum absolute atomic E-state index is 12.2. The van der Waals surface area contributed by atoms with Crippen LogP contribution in [-0.4, -0.2) is 21.0 Å². The highest BCUT2D eigenvalue weighted by Gasteiger charge is 2.22. The predicted molar refractivity (Wildman–Crippen MR) is 94.2 cm³/mol. The third-order valence-corrected chi connectivity index (χ3v) is 4.06. The lowest BCUT2D eigenvalue weighted by Crippen LogP contribution is -2.40. The predicted octanol–water partition coefficient (Wildman–Crippen LogP) is 3.76. The topological polar surface area (TPSA) is 46.9 Å². The smallest absolute Gasteiger partial charge is 0.251 e. The van der Waals surface area contributed by atoms with Gasteiger partial charge >= 0.3 is 0 Å². The molecule has 0 saturated heterocycles. The van der Waals surface area contributed by atoms with Gasteiger partial charge in [-0.25, -0.2) is 4.98 Å². The molecule has 1 aliphatic heterocycles. The Morgan fingerprint density at radius 2 is 1.96 bits per heavy atom. The Labute approximate surface area is 143 Å². The summed E-state index contributed by atoms with van der Waals surface area (Å²) < 4.78 is 2.23. The van der Waals surface area contributed by atoms with Gasteiger partial charge in [0.2, 0.25) is 0 Å². The zero-order valence-electron chi connectivity index (χ0n) is 13.9. The lowest BCUT2D eigenvalue weighted by molar-refractivity contribution is 0.0919. The molecule has 4 nitrogen and oxygen atoms in total. The summed E-state index contributed by atoms with van der Waals surface area (Å²) in [5.74, 6) is 0.365. The van der Waals surface area contributed by atoms with Crippen molar-refractivity contribution in [3.63, 3.8) is 0 Å². The number of amides is 1. The number of carbonyl (C=O) groups excluding carboxylic acids is 1. The van der Waals surface area contributed by atoms with Crippen LogP contribution in [0.15, 0.2) is 36.8 Å². The van der Waals surface area contributed by atoms with Crippen molar-refractivity contribution in [2.24, 2.45) is 0 Å². The molecule has 1 aromatic heterocycles. The Bertz CT molecular complexity index is 670. The summed E-state index contributed by atoms with van der Waals surface area (Å²) >= 11 is 0. The van der Waals surface area contributed by atoms with Crippen molar-refractivity contribution >= 4 is 18.3 Å². The summed E-state index contributed by atoms with van der Waals surface area (Å²) in [4.78, 5) is 16.4. The average molecular weight is 334 g/mol. The largest absolute Gasteiger partial charge is 0.347 e. The lowest BCUT2D eigenvalue weighted by atomic mass is 9.88. The molecule has 0 bridgehead atoms. The van der Waals surface area contributed by atoms with Gasteiger partial charge < -0.3 is 9.88 Å². The van der Waals surface area contributed by atoms with Crippen molar-refractivity contribution in [2.45, 2.75) is 51.6 Å². The molecule has 0 spiro atoms. The maximum Gasteiger partial charge on any atom is 0.251 e. The monoisotopic (exact) mass is 333 g/mol. The highest BCUT2D eigenvalue weighted by molar-refractivity contribution is 5.94. The quantitative estimate of drug-likeness (QED) is 0.909. The van der Waals surface area contributed by atoms with Gasteiger partial charge in [0.1, 0.15) is 0 Å². The Balaban J connectivity index is 0.00000192. The molecular weight excluding hydrogens is 310 g/mol. The third-order valence-electron chi connectivity index (χ3n) is 4.06. The normalized spacial score (nSPS) is 17.1. The van der Waals surface area contributed by atoms with Crippen LogP contribution in [0.25, 0.3) is 0 Å². The van der Waals surface area contributed by atoms with E-state index in [1.807, 2.05) is 45.4 Å². The van der Waals surface area contributed by atoms with Gasteiger partial charge in [-0.15, -0.1) is 12.4 Å². The van der Waals surface area contributed by atoms with Crippen LogP contribution in [0.4, 0.5) is 0 Å². The molecule has 23 heavy (non-hydrogen) atoms. The lowest BCUT2D eigenvalue weighted by Gasteiger charge is -2.25. The van der Waals surface area contributed by atoms with E-state index in [9.17, 15) is 4.79 Å². The fourth-order valence-corrected chi connectivity index (χ4v) is 3.04. The van der Waals surface area contributed by atoms with Crippen molar-refractivity contribution in [2.75, 3.05) is 0 Å². The molecule has 1 aliphatic rings. The van der Waals surface area contributed by atoms with Crippen LogP contribution in [-0.2, 0) is 6.54 Å². The molecule has 5 heteroatoms. The van der Waals surface area contributed by atoms with Gasteiger partial charge in [-0.05, 0) is 51.3 Å². The second-order valence-corrected chi connectivity index (χ2v) is 7.03. The van der Waals surface area contributed by atoms with E-state index in [0.717, 1.165) is 13.0 Å². The second-order valence-electron chi connectivity index (χ2n) is 7.03. The summed E-state index contributed by atoms with van der Waals surface area (Å²) in [6.07, 6.45) is 6.18. The zero-order valence-corrected chi connectivity index (χ0v) is 14.7. The van der Waals surface area contributed by atoms with E-state index in [-0.39, 0.29) is 23.9 Å². The van der Waals surface area contributed by atoms with E-state index in [2.05, 4.69) is 27.0 Å². The Morgan fingerprint density at radius 1 is 1.26 bits per heavy atom. The number of nitrogens with zero attached hydrogens (tertiary/aromatic N) is 2. The fourth-order valence-electron chi connectivity index (χ4n) is 3.04. The Kier molecular flexibility index (Phi) is 5.15. The first-order valence-corrected chi connectivity index (χ1v) is 7.86. The number of benzene rings is 1. The second kappa shape index (κ2) is 6.75. The summed E-state index contributed by atoms with van der Waals surface area (Å²) in [6, 6.07) is 7.99. The number of fused-ring (bicyclic) bond motifs is 1. The van der Waals surface area contributed by atoms with Gasteiger partial charge in [-0.3, -0.25) is 4.79 Å². The van der Waals surface area contributed by atoms with Crippen molar-refractivity contribution in [3.05, 3.63) is 53.6 Å². The summed E-state index contributed by atoms with van der Waals surface area (Å²) in [6.45, 7) is 7.02.